The van der Waals surface area contributed by atoms with E-state index in [9.17, 15) is 22.8 Å². The van der Waals surface area contributed by atoms with Gasteiger partial charge in [-0.1, -0.05) is 80.4 Å². The quantitative estimate of drug-likeness (QED) is 0.577. The van der Waals surface area contributed by atoms with E-state index in [1.807, 2.05) is 19.1 Å². The van der Waals surface area contributed by atoms with Crippen LogP contribution in [0.25, 0.3) is 10.8 Å². The van der Waals surface area contributed by atoms with Crippen molar-refractivity contribution in [3.63, 3.8) is 0 Å². The molecule has 4 rings (SSSR count). The number of nitrogens with one attached hydrogen (secondary N) is 1. The Kier molecular flexibility index (Phi) is 5.56. The molecule has 1 aliphatic heterocycles. The summed E-state index contributed by atoms with van der Waals surface area (Å²) in [4.78, 5) is 39.3. The lowest BCUT2D eigenvalue weighted by molar-refractivity contribution is -0.142. The Hall–Kier alpha value is -3.52. The van der Waals surface area contributed by atoms with Crippen LogP contribution in [0.2, 0.25) is 0 Å². The summed E-state index contributed by atoms with van der Waals surface area (Å²) in [6.07, 6.45) is 1.25. The van der Waals surface area contributed by atoms with Crippen molar-refractivity contribution in [2.24, 2.45) is 0 Å². The van der Waals surface area contributed by atoms with E-state index in [0.717, 1.165) is 5.39 Å². The summed E-state index contributed by atoms with van der Waals surface area (Å²) in [5.74, 6) is -1.86. The molecule has 1 fully saturated rings. The Bertz CT molecular complexity index is 1320. The van der Waals surface area contributed by atoms with Gasteiger partial charge in [-0.15, -0.1) is 4.31 Å². The van der Waals surface area contributed by atoms with Crippen LogP contribution in [-0.4, -0.2) is 30.6 Å². The molecule has 0 spiro atoms. The molecule has 0 bridgehead atoms. The van der Waals surface area contributed by atoms with Crippen LogP contribution in [0, 0.1) is 0 Å². The number of urea groups is 1. The summed E-state index contributed by atoms with van der Waals surface area (Å²) >= 11 is 0. The molecule has 3 aromatic rings. The molecule has 1 saturated heterocycles. The second-order valence-electron chi connectivity index (χ2n) is 7.72. The van der Waals surface area contributed by atoms with Crippen LogP contribution in [0.15, 0.2) is 77.7 Å². The SMILES string of the molecule is CCCCC1(c2ccccc2)C(=O)NC(=O)N(S(=O)(=O)c2ccc3ccccc3c2)C1=O. The largest absolute Gasteiger partial charge is 0.345 e. The number of rotatable bonds is 6. The topological polar surface area (TPSA) is 101 Å². The number of imide groups is 2. The summed E-state index contributed by atoms with van der Waals surface area (Å²) in [5, 5.41) is 3.58. The minimum absolute atomic E-state index is 0.0786. The third-order valence-electron chi connectivity index (χ3n) is 5.77. The van der Waals surface area contributed by atoms with Crippen LogP contribution >= 0.6 is 0 Å². The summed E-state index contributed by atoms with van der Waals surface area (Å²) in [5.41, 5.74) is -1.46. The van der Waals surface area contributed by atoms with Gasteiger partial charge in [0.25, 0.3) is 15.9 Å². The zero-order valence-electron chi connectivity index (χ0n) is 17.4. The van der Waals surface area contributed by atoms with Crippen molar-refractivity contribution in [1.29, 1.82) is 0 Å². The first-order valence-corrected chi connectivity index (χ1v) is 11.8. The van der Waals surface area contributed by atoms with Gasteiger partial charge < -0.3 is 0 Å². The van der Waals surface area contributed by atoms with Crippen LogP contribution in [0.1, 0.15) is 31.7 Å². The Labute approximate surface area is 186 Å². The molecule has 1 heterocycles. The van der Waals surface area contributed by atoms with Crippen molar-refractivity contribution in [2.75, 3.05) is 0 Å². The van der Waals surface area contributed by atoms with Gasteiger partial charge in [0.1, 0.15) is 0 Å². The van der Waals surface area contributed by atoms with E-state index < -0.39 is 33.3 Å². The zero-order chi connectivity index (χ0) is 22.9. The first-order valence-electron chi connectivity index (χ1n) is 10.3. The van der Waals surface area contributed by atoms with E-state index in [0.29, 0.717) is 23.8 Å². The fraction of sp³-hybridized carbons (Fsp3) is 0.208. The lowest BCUT2D eigenvalue weighted by Gasteiger charge is -2.39. The molecule has 164 valence electrons. The highest BCUT2D eigenvalue weighted by Crippen LogP contribution is 2.37. The molecule has 8 heteroatoms. The van der Waals surface area contributed by atoms with Gasteiger partial charge >= 0.3 is 6.03 Å². The van der Waals surface area contributed by atoms with Crippen molar-refractivity contribution >= 4 is 38.6 Å². The maximum atomic E-state index is 13.7. The van der Waals surface area contributed by atoms with E-state index in [1.54, 1.807) is 48.5 Å². The molecule has 1 N–H and O–H groups in total. The number of fused-ring (bicyclic) bond motifs is 1. The van der Waals surface area contributed by atoms with Gasteiger partial charge in [0.15, 0.2) is 5.41 Å². The Morgan fingerprint density at radius 1 is 0.875 bits per heavy atom. The van der Waals surface area contributed by atoms with Gasteiger partial charge in [0.2, 0.25) is 5.91 Å². The predicted molar refractivity (Wildman–Crippen MR) is 119 cm³/mol. The van der Waals surface area contributed by atoms with Crippen LogP contribution in [0.3, 0.4) is 0 Å². The van der Waals surface area contributed by atoms with Crippen molar-refractivity contribution in [3.05, 3.63) is 78.4 Å². The first kappa shape index (κ1) is 21.7. The summed E-state index contributed by atoms with van der Waals surface area (Å²) in [7, 11) is -4.56. The standard InChI is InChI=1S/C24H22N2O5S/c1-2-3-15-24(19-11-5-4-6-12-19)21(27)25-23(29)26(22(24)28)32(30,31)20-14-13-17-9-7-8-10-18(17)16-20/h4-14,16H,2-3,15H2,1H3,(H,25,27,29). The number of carbonyl (C=O) groups excluding carboxylic acids is 3. The molecule has 32 heavy (non-hydrogen) atoms. The molecule has 1 aliphatic rings. The summed E-state index contributed by atoms with van der Waals surface area (Å²) < 4.78 is 27.2. The van der Waals surface area contributed by atoms with E-state index in [-0.39, 0.29) is 15.6 Å². The average Bonchev–Trinajstić information content (AvgIpc) is 2.79. The predicted octanol–water partition coefficient (Wildman–Crippen LogP) is 3.74. The highest BCUT2D eigenvalue weighted by molar-refractivity contribution is 7.90. The Morgan fingerprint density at radius 3 is 2.22 bits per heavy atom. The van der Waals surface area contributed by atoms with Gasteiger partial charge in [0, 0.05) is 0 Å². The monoisotopic (exact) mass is 450 g/mol. The molecule has 3 aromatic carbocycles. The molecule has 4 amide bonds. The number of carbonyl (C=O) groups is 3. The van der Waals surface area contributed by atoms with Crippen molar-refractivity contribution in [1.82, 2.24) is 9.62 Å². The zero-order valence-corrected chi connectivity index (χ0v) is 18.3. The van der Waals surface area contributed by atoms with Gasteiger partial charge in [0.05, 0.1) is 4.90 Å². The smallest absolute Gasteiger partial charge is 0.275 e. The molecular formula is C24H22N2O5S. The van der Waals surface area contributed by atoms with Crippen molar-refractivity contribution in [3.8, 4) is 0 Å². The molecule has 1 unspecified atom stereocenters. The highest BCUT2D eigenvalue weighted by Gasteiger charge is 2.58. The maximum absolute atomic E-state index is 13.7. The van der Waals surface area contributed by atoms with Gasteiger partial charge in [-0.2, -0.15) is 0 Å². The Morgan fingerprint density at radius 2 is 1.53 bits per heavy atom. The van der Waals surface area contributed by atoms with E-state index >= 15 is 0 Å². The second kappa shape index (κ2) is 8.20. The maximum Gasteiger partial charge on any atom is 0.345 e. The Balaban J connectivity index is 1.86. The fourth-order valence-corrected chi connectivity index (χ4v) is 5.42. The number of barbiturate groups is 1. The minimum Gasteiger partial charge on any atom is -0.275 e. The van der Waals surface area contributed by atoms with Crippen LogP contribution < -0.4 is 5.32 Å². The second-order valence-corrected chi connectivity index (χ2v) is 9.50. The molecule has 0 aliphatic carbocycles. The molecule has 1 atom stereocenters. The van der Waals surface area contributed by atoms with Gasteiger partial charge in [-0.25, -0.2) is 13.2 Å². The van der Waals surface area contributed by atoms with E-state index in [1.165, 1.54) is 12.1 Å². The number of amides is 4. The lowest BCUT2D eigenvalue weighted by atomic mass is 9.73. The average molecular weight is 451 g/mol. The number of benzene rings is 3. The number of unbranched alkanes of at least 4 members (excludes halogenated alkanes) is 1. The number of hydrogen-bond acceptors (Lipinski definition) is 5. The molecule has 0 radical (unpaired) electrons. The molecule has 0 aromatic heterocycles. The highest BCUT2D eigenvalue weighted by atomic mass is 32.2. The third kappa shape index (κ3) is 3.36. The molecular weight excluding hydrogens is 428 g/mol. The lowest BCUT2D eigenvalue weighted by Crippen LogP contribution is -2.67. The van der Waals surface area contributed by atoms with Crippen molar-refractivity contribution in [2.45, 2.75) is 36.5 Å². The summed E-state index contributed by atoms with van der Waals surface area (Å²) in [6, 6.07) is 18.5. The van der Waals surface area contributed by atoms with Crippen molar-refractivity contribution < 1.29 is 22.8 Å². The van der Waals surface area contributed by atoms with E-state index in [4.69, 9.17) is 0 Å². The number of sulfonamides is 1. The fourth-order valence-electron chi connectivity index (χ4n) is 4.05. The van der Waals surface area contributed by atoms with Crippen LogP contribution in [0.5, 0.6) is 0 Å². The van der Waals surface area contributed by atoms with Crippen LogP contribution in [0.4, 0.5) is 4.79 Å². The molecule has 7 nitrogen and oxygen atoms in total. The van der Waals surface area contributed by atoms with Gasteiger partial charge in [-0.3, -0.25) is 14.9 Å². The van der Waals surface area contributed by atoms with Gasteiger partial charge in [-0.05, 0) is 34.9 Å². The van der Waals surface area contributed by atoms with E-state index in [2.05, 4.69) is 5.32 Å². The normalized spacial score (nSPS) is 19.3. The first-order chi connectivity index (χ1) is 15.3. The number of hydrogen-bond donors (Lipinski definition) is 1. The summed E-state index contributed by atoms with van der Waals surface area (Å²) in [6.45, 7) is 1.90. The third-order valence-corrected chi connectivity index (χ3v) is 7.44. The molecule has 0 saturated carbocycles. The minimum atomic E-state index is -4.56. The van der Waals surface area contributed by atoms with Crippen LogP contribution in [-0.2, 0) is 25.0 Å². The number of nitrogens with zero attached hydrogens (tertiary/aromatic N) is 1.